The minimum absolute atomic E-state index is 0.268. The maximum atomic E-state index is 8.84. The fourth-order valence-electron chi connectivity index (χ4n) is 1.90. The summed E-state index contributed by atoms with van der Waals surface area (Å²) in [6.07, 6.45) is 3.31. The third-order valence-electron chi connectivity index (χ3n) is 2.86. The summed E-state index contributed by atoms with van der Waals surface area (Å²) >= 11 is 0. The van der Waals surface area contributed by atoms with Crippen LogP contribution in [0, 0.1) is 17.2 Å². The third-order valence-corrected chi connectivity index (χ3v) is 2.86. The van der Waals surface area contributed by atoms with Crippen LogP contribution in [0.25, 0.3) is 0 Å². The number of rotatable bonds is 0. The van der Waals surface area contributed by atoms with Crippen molar-refractivity contribution in [3.8, 4) is 6.07 Å². The molecule has 2 heteroatoms. The van der Waals surface area contributed by atoms with Gasteiger partial charge in [0.25, 0.3) is 0 Å². The van der Waals surface area contributed by atoms with Gasteiger partial charge in [0, 0.05) is 11.5 Å². The molecule has 74 valence electrons. The second-order valence-electron chi connectivity index (χ2n) is 4.91. The molecule has 13 heavy (non-hydrogen) atoms. The summed E-state index contributed by atoms with van der Waals surface area (Å²) in [4.78, 5) is 2.49. The summed E-state index contributed by atoms with van der Waals surface area (Å²) in [7, 11) is 0. The van der Waals surface area contributed by atoms with E-state index in [9.17, 15) is 0 Å². The minimum atomic E-state index is 0.268. The van der Waals surface area contributed by atoms with Crippen molar-refractivity contribution in [3.05, 3.63) is 0 Å². The Morgan fingerprint density at radius 3 is 2.46 bits per heavy atom. The highest BCUT2D eigenvalue weighted by molar-refractivity contribution is 4.88. The molecule has 1 fully saturated rings. The van der Waals surface area contributed by atoms with Gasteiger partial charge in [-0.3, -0.25) is 4.90 Å². The first-order valence-corrected chi connectivity index (χ1v) is 5.18. The average Bonchev–Trinajstić information content (AvgIpc) is 2.26. The van der Waals surface area contributed by atoms with E-state index in [0.717, 1.165) is 25.9 Å². The van der Waals surface area contributed by atoms with Gasteiger partial charge in [-0.05, 0) is 53.1 Å². The molecule has 0 saturated carbocycles. The molecule has 1 aliphatic heterocycles. The minimum Gasteiger partial charge on any atom is -0.298 e. The lowest BCUT2D eigenvalue weighted by Gasteiger charge is -2.34. The molecule has 0 spiro atoms. The molecule has 1 heterocycles. The molecule has 0 amide bonds. The SMILES string of the molecule is CC(C)(C)N1CCC[C@H](C#N)CC1. The number of hydrogen-bond acceptors (Lipinski definition) is 2. The van der Waals surface area contributed by atoms with Gasteiger partial charge in [-0.25, -0.2) is 0 Å². The van der Waals surface area contributed by atoms with Gasteiger partial charge in [0.05, 0.1) is 6.07 Å². The first-order valence-electron chi connectivity index (χ1n) is 5.18. The molecule has 1 atom stereocenters. The number of likely N-dealkylation sites (tertiary alicyclic amines) is 1. The van der Waals surface area contributed by atoms with Crippen molar-refractivity contribution in [1.29, 1.82) is 5.26 Å². The van der Waals surface area contributed by atoms with E-state index in [1.165, 1.54) is 6.42 Å². The van der Waals surface area contributed by atoms with E-state index in [1.54, 1.807) is 0 Å². The van der Waals surface area contributed by atoms with Crippen LogP contribution in [0.5, 0.6) is 0 Å². The predicted molar refractivity (Wildman–Crippen MR) is 54.3 cm³/mol. The number of nitrogens with zero attached hydrogens (tertiary/aromatic N) is 2. The van der Waals surface area contributed by atoms with Crippen molar-refractivity contribution in [2.75, 3.05) is 13.1 Å². The summed E-state index contributed by atoms with van der Waals surface area (Å²) in [6.45, 7) is 8.99. The van der Waals surface area contributed by atoms with Gasteiger partial charge in [0.15, 0.2) is 0 Å². The molecule has 0 radical (unpaired) electrons. The van der Waals surface area contributed by atoms with Crippen LogP contribution in [-0.4, -0.2) is 23.5 Å². The van der Waals surface area contributed by atoms with Crippen LogP contribution in [0.15, 0.2) is 0 Å². The lowest BCUT2D eigenvalue weighted by molar-refractivity contribution is 0.142. The van der Waals surface area contributed by atoms with Gasteiger partial charge in [0.1, 0.15) is 0 Å². The van der Waals surface area contributed by atoms with Crippen molar-refractivity contribution >= 4 is 0 Å². The van der Waals surface area contributed by atoms with Crippen LogP contribution in [0.1, 0.15) is 40.0 Å². The average molecular weight is 180 g/mol. The third kappa shape index (κ3) is 3.00. The van der Waals surface area contributed by atoms with E-state index in [-0.39, 0.29) is 5.54 Å². The summed E-state index contributed by atoms with van der Waals surface area (Å²) in [6, 6.07) is 2.39. The number of nitriles is 1. The largest absolute Gasteiger partial charge is 0.298 e. The molecule has 1 rings (SSSR count). The smallest absolute Gasteiger partial charge is 0.0656 e. The van der Waals surface area contributed by atoms with Crippen LogP contribution < -0.4 is 0 Å². The second-order valence-corrected chi connectivity index (χ2v) is 4.91. The summed E-state index contributed by atoms with van der Waals surface area (Å²) in [5.41, 5.74) is 0.268. The summed E-state index contributed by atoms with van der Waals surface area (Å²) in [5.74, 6) is 0.298. The van der Waals surface area contributed by atoms with Gasteiger partial charge >= 0.3 is 0 Å². The fourth-order valence-corrected chi connectivity index (χ4v) is 1.90. The second kappa shape index (κ2) is 4.11. The van der Waals surface area contributed by atoms with Crippen molar-refractivity contribution in [2.45, 2.75) is 45.6 Å². The Labute approximate surface area is 81.5 Å². The zero-order valence-corrected chi connectivity index (χ0v) is 9.01. The molecule has 1 saturated heterocycles. The lowest BCUT2D eigenvalue weighted by Crippen LogP contribution is -2.41. The maximum absolute atomic E-state index is 8.84. The highest BCUT2D eigenvalue weighted by Gasteiger charge is 2.24. The molecule has 0 aromatic carbocycles. The molecule has 0 aromatic heterocycles. The van der Waals surface area contributed by atoms with E-state index in [1.807, 2.05) is 0 Å². The maximum Gasteiger partial charge on any atom is 0.0656 e. The van der Waals surface area contributed by atoms with E-state index in [2.05, 4.69) is 31.7 Å². The molecule has 0 aliphatic carbocycles. The highest BCUT2D eigenvalue weighted by Crippen LogP contribution is 2.22. The molecule has 1 aliphatic rings. The van der Waals surface area contributed by atoms with E-state index < -0.39 is 0 Å². The Bertz CT molecular complexity index is 197. The van der Waals surface area contributed by atoms with Crippen LogP contribution in [-0.2, 0) is 0 Å². The Morgan fingerprint density at radius 1 is 1.23 bits per heavy atom. The molecule has 0 unspecified atom stereocenters. The summed E-state index contributed by atoms with van der Waals surface area (Å²) in [5, 5.41) is 8.84. The van der Waals surface area contributed by atoms with E-state index >= 15 is 0 Å². The molecule has 0 bridgehead atoms. The van der Waals surface area contributed by atoms with Crippen molar-refractivity contribution in [1.82, 2.24) is 4.90 Å². The van der Waals surface area contributed by atoms with Gasteiger partial charge in [-0.15, -0.1) is 0 Å². The van der Waals surface area contributed by atoms with Gasteiger partial charge in [-0.1, -0.05) is 0 Å². The standard InChI is InChI=1S/C11H20N2/c1-11(2,3)13-7-4-5-10(9-12)6-8-13/h10H,4-8H2,1-3H3/t10-/m0/s1. The monoisotopic (exact) mass is 180 g/mol. The normalized spacial score (nSPS) is 26.5. The Kier molecular flexibility index (Phi) is 3.33. The summed E-state index contributed by atoms with van der Waals surface area (Å²) < 4.78 is 0. The predicted octanol–water partition coefficient (Wildman–Crippen LogP) is 2.41. The highest BCUT2D eigenvalue weighted by atomic mass is 15.2. The zero-order valence-electron chi connectivity index (χ0n) is 9.01. The topological polar surface area (TPSA) is 27.0 Å². The molecule has 0 N–H and O–H groups in total. The Morgan fingerprint density at radius 2 is 1.92 bits per heavy atom. The lowest BCUT2D eigenvalue weighted by atomic mass is 10.0. The van der Waals surface area contributed by atoms with Crippen LogP contribution in [0.3, 0.4) is 0 Å². The first kappa shape index (κ1) is 10.5. The van der Waals surface area contributed by atoms with Crippen molar-refractivity contribution in [3.63, 3.8) is 0 Å². The first-order chi connectivity index (χ1) is 6.04. The fraction of sp³-hybridized carbons (Fsp3) is 0.909. The van der Waals surface area contributed by atoms with Crippen molar-refractivity contribution in [2.24, 2.45) is 5.92 Å². The van der Waals surface area contributed by atoms with Gasteiger partial charge < -0.3 is 0 Å². The zero-order chi connectivity index (χ0) is 9.90. The Balaban J connectivity index is 2.51. The molecular formula is C11H20N2. The van der Waals surface area contributed by atoms with Crippen molar-refractivity contribution < 1.29 is 0 Å². The molecule has 2 nitrogen and oxygen atoms in total. The van der Waals surface area contributed by atoms with E-state index in [4.69, 9.17) is 5.26 Å². The van der Waals surface area contributed by atoms with Crippen LogP contribution in [0.2, 0.25) is 0 Å². The quantitative estimate of drug-likeness (QED) is 0.572. The van der Waals surface area contributed by atoms with Crippen LogP contribution >= 0.6 is 0 Å². The van der Waals surface area contributed by atoms with E-state index in [0.29, 0.717) is 5.92 Å². The van der Waals surface area contributed by atoms with Gasteiger partial charge in [0.2, 0.25) is 0 Å². The number of hydrogen-bond donors (Lipinski definition) is 0. The Hall–Kier alpha value is -0.550. The molecule has 0 aromatic rings. The van der Waals surface area contributed by atoms with Crippen LogP contribution in [0.4, 0.5) is 0 Å². The van der Waals surface area contributed by atoms with Gasteiger partial charge in [-0.2, -0.15) is 5.26 Å². The molecular weight excluding hydrogens is 160 g/mol.